The normalized spacial score (nSPS) is 20.5. The van der Waals surface area contributed by atoms with Gasteiger partial charge in [-0.05, 0) is 43.7 Å². The van der Waals surface area contributed by atoms with Crippen LogP contribution in [0.4, 0.5) is 5.69 Å². The highest BCUT2D eigenvalue weighted by Gasteiger charge is 2.43. The van der Waals surface area contributed by atoms with Crippen molar-refractivity contribution in [1.29, 1.82) is 0 Å². The van der Waals surface area contributed by atoms with Crippen LogP contribution in [0.15, 0.2) is 24.3 Å². The average molecular weight is 331 g/mol. The van der Waals surface area contributed by atoms with Gasteiger partial charge in [-0.3, -0.25) is 4.79 Å². The van der Waals surface area contributed by atoms with Crippen LogP contribution in [-0.4, -0.2) is 62.1 Å². The number of hydrogen-bond acceptors (Lipinski definition) is 4. The summed E-state index contributed by atoms with van der Waals surface area (Å²) in [4.78, 5) is 17.2. The van der Waals surface area contributed by atoms with Crippen LogP contribution >= 0.6 is 0 Å². The second-order valence-electron chi connectivity index (χ2n) is 7.38. The molecule has 3 rings (SSSR count). The first-order chi connectivity index (χ1) is 11.5. The lowest BCUT2D eigenvalue weighted by Gasteiger charge is -2.43. The Kier molecular flexibility index (Phi) is 4.99. The number of likely N-dealkylation sites (N-methyl/N-ethyl adjacent to an activating group) is 1. The monoisotopic (exact) mass is 331 g/mol. The fourth-order valence-electron chi connectivity index (χ4n) is 3.58. The van der Waals surface area contributed by atoms with E-state index in [1.807, 2.05) is 38.4 Å². The average Bonchev–Trinajstić information content (AvgIpc) is 3.40. The molecule has 24 heavy (non-hydrogen) atoms. The van der Waals surface area contributed by atoms with Crippen molar-refractivity contribution in [1.82, 2.24) is 9.80 Å². The summed E-state index contributed by atoms with van der Waals surface area (Å²) in [5, 5.41) is 3.54. The number of ether oxygens (including phenoxy) is 1. The second-order valence-corrected chi connectivity index (χ2v) is 7.38. The highest BCUT2D eigenvalue weighted by Crippen LogP contribution is 2.34. The number of hydrogen-bond donors (Lipinski definition) is 1. The van der Waals surface area contributed by atoms with Crippen LogP contribution in [-0.2, 0) is 4.79 Å². The lowest BCUT2D eigenvalue weighted by Crippen LogP contribution is -2.58. The van der Waals surface area contributed by atoms with E-state index in [9.17, 15) is 4.79 Å². The maximum absolute atomic E-state index is 12.9. The van der Waals surface area contributed by atoms with E-state index in [0.717, 1.165) is 43.3 Å². The van der Waals surface area contributed by atoms with Crippen LogP contribution < -0.4 is 10.1 Å². The number of nitrogens with one attached hydrogen (secondary N) is 1. The van der Waals surface area contributed by atoms with E-state index in [4.69, 9.17) is 4.74 Å². The van der Waals surface area contributed by atoms with Gasteiger partial charge in [-0.15, -0.1) is 0 Å². The van der Waals surface area contributed by atoms with Gasteiger partial charge in [0.1, 0.15) is 11.3 Å². The molecule has 2 aliphatic rings. The van der Waals surface area contributed by atoms with Crippen molar-refractivity contribution in [2.75, 3.05) is 46.2 Å². The zero-order chi connectivity index (χ0) is 17.2. The summed E-state index contributed by atoms with van der Waals surface area (Å²) < 4.78 is 5.31. The molecule has 132 valence electrons. The first-order valence-electron chi connectivity index (χ1n) is 8.89. The lowest BCUT2D eigenvalue weighted by molar-refractivity contribution is -0.135. The van der Waals surface area contributed by atoms with Gasteiger partial charge in [-0.1, -0.05) is 6.07 Å². The largest absolute Gasteiger partial charge is 0.497 e. The number of methoxy groups -OCH3 is 1. The van der Waals surface area contributed by atoms with Gasteiger partial charge in [-0.2, -0.15) is 0 Å². The van der Waals surface area contributed by atoms with Gasteiger partial charge in [0.25, 0.3) is 0 Å². The highest BCUT2D eigenvalue weighted by atomic mass is 16.5. The molecule has 1 heterocycles. The Morgan fingerprint density at radius 2 is 2.04 bits per heavy atom. The molecule has 5 heteroatoms. The Morgan fingerprint density at radius 1 is 1.33 bits per heavy atom. The molecule has 1 N–H and O–H groups in total. The van der Waals surface area contributed by atoms with Crippen LogP contribution in [0.5, 0.6) is 5.75 Å². The van der Waals surface area contributed by atoms with E-state index in [2.05, 4.69) is 10.2 Å². The third-order valence-corrected chi connectivity index (χ3v) is 5.19. The third kappa shape index (κ3) is 3.83. The first kappa shape index (κ1) is 17.1. The molecule has 2 fully saturated rings. The van der Waals surface area contributed by atoms with E-state index in [-0.39, 0.29) is 5.91 Å². The topological polar surface area (TPSA) is 44.8 Å². The summed E-state index contributed by atoms with van der Waals surface area (Å²) in [6.45, 7) is 3.16. The van der Waals surface area contributed by atoms with E-state index in [1.165, 1.54) is 19.4 Å². The number of amides is 1. The molecule has 0 atom stereocenters. The number of rotatable bonds is 6. The number of carbonyl (C=O) groups excluding carboxylic acids is 1. The SMILES string of the molecule is COc1cccc(NC2(C(=O)N(C)C)CCN(CC3CC3)CC2)c1. The number of benzene rings is 1. The number of nitrogens with zero attached hydrogens (tertiary/aromatic N) is 2. The number of likely N-dealkylation sites (tertiary alicyclic amines) is 1. The zero-order valence-corrected chi connectivity index (χ0v) is 15.0. The maximum Gasteiger partial charge on any atom is 0.247 e. The van der Waals surface area contributed by atoms with Crippen LogP contribution in [0, 0.1) is 5.92 Å². The predicted molar refractivity (Wildman–Crippen MR) is 96.4 cm³/mol. The van der Waals surface area contributed by atoms with Crippen LogP contribution in [0.25, 0.3) is 0 Å². The van der Waals surface area contributed by atoms with E-state index < -0.39 is 5.54 Å². The fraction of sp³-hybridized carbons (Fsp3) is 0.632. The summed E-state index contributed by atoms with van der Waals surface area (Å²) in [5.74, 6) is 1.86. The molecule has 1 saturated carbocycles. The Bertz CT molecular complexity index is 576. The van der Waals surface area contributed by atoms with Crippen LogP contribution in [0.1, 0.15) is 25.7 Å². The summed E-state index contributed by atoms with van der Waals surface area (Å²) in [5.41, 5.74) is 0.427. The molecule has 0 spiro atoms. The minimum atomic E-state index is -0.518. The Morgan fingerprint density at radius 3 is 2.62 bits per heavy atom. The molecule has 1 aromatic carbocycles. The fourth-order valence-corrected chi connectivity index (χ4v) is 3.58. The van der Waals surface area contributed by atoms with Crippen molar-refractivity contribution in [3.63, 3.8) is 0 Å². The summed E-state index contributed by atoms with van der Waals surface area (Å²) in [6, 6.07) is 7.84. The molecule has 0 unspecified atom stereocenters. The van der Waals surface area contributed by atoms with Crippen LogP contribution in [0.3, 0.4) is 0 Å². The molecular formula is C19H29N3O2. The molecule has 1 aliphatic carbocycles. The van der Waals surface area contributed by atoms with Crippen LogP contribution in [0.2, 0.25) is 0 Å². The smallest absolute Gasteiger partial charge is 0.247 e. The zero-order valence-electron chi connectivity index (χ0n) is 15.0. The predicted octanol–water partition coefficient (Wildman–Crippen LogP) is 2.44. The number of piperidine rings is 1. The molecule has 1 aromatic rings. The minimum Gasteiger partial charge on any atom is -0.497 e. The van der Waals surface area contributed by atoms with E-state index in [0.29, 0.717) is 0 Å². The molecule has 1 saturated heterocycles. The molecule has 0 radical (unpaired) electrons. The Hall–Kier alpha value is -1.75. The Balaban J connectivity index is 1.74. The summed E-state index contributed by atoms with van der Waals surface area (Å²) >= 11 is 0. The molecular weight excluding hydrogens is 302 g/mol. The minimum absolute atomic E-state index is 0.163. The van der Waals surface area contributed by atoms with Crippen molar-refractivity contribution >= 4 is 11.6 Å². The van der Waals surface area contributed by atoms with E-state index >= 15 is 0 Å². The van der Waals surface area contributed by atoms with Crippen molar-refractivity contribution < 1.29 is 9.53 Å². The van der Waals surface area contributed by atoms with Gasteiger partial charge in [-0.25, -0.2) is 0 Å². The molecule has 5 nitrogen and oxygen atoms in total. The van der Waals surface area contributed by atoms with Gasteiger partial charge in [0, 0.05) is 45.5 Å². The summed E-state index contributed by atoms with van der Waals surface area (Å²) in [7, 11) is 5.35. The van der Waals surface area contributed by atoms with Crippen molar-refractivity contribution in [3.8, 4) is 5.75 Å². The molecule has 1 aliphatic heterocycles. The first-order valence-corrected chi connectivity index (χ1v) is 8.89. The molecule has 1 amide bonds. The maximum atomic E-state index is 12.9. The molecule has 0 bridgehead atoms. The van der Waals surface area contributed by atoms with E-state index in [1.54, 1.807) is 12.0 Å². The van der Waals surface area contributed by atoms with Crippen molar-refractivity contribution in [2.24, 2.45) is 5.92 Å². The summed E-state index contributed by atoms with van der Waals surface area (Å²) in [6.07, 6.45) is 4.43. The van der Waals surface area contributed by atoms with Gasteiger partial charge < -0.3 is 19.9 Å². The second kappa shape index (κ2) is 7.01. The van der Waals surface area contributed by atoms with Crippen molar-refractivity contribution in [2.45, 2.75) is 31.2 Å². The van der Waals surface area contributed by atoms with Crippen molar-refractivity contribution in [3.05, 3.63) is 24.3 Å². The standard InChI is InChI=1S/C19H29N3O2/c1-21(2)18(23)19(20-16-5-4-6-17(13-16)24-3)9-11-22(12-10-19)14-15-7-8-15/h4-6,13,15,20H,7-12,14H2,1-3H3. The third-order valence-electron chi connectivity index (χ3n) is 5.19. The lowest BCUT2D eigenvalue weighted by atomic mass is 9.85. The number of anilines is 1. The molecule has 0 aromatic heterocycles. The van der Waals surface area contributed by atoms with Gasteiger partial charge in [0.2, 0.25) is 5.91 Å². The number of carbonyl (C=O) groups is 1. The van der Waals surface area contributed by atoms with Gasteiger partial charge in [0.15, 0.2) is 0 Å². The van der Waals surface area contributed by atoms with Gasteiger partial charge >= 0.3 is 0 Å². The van der Waals surface area contributed by atoms with Gasteiger partial charge in [0.05, 0.1) is 7.11 Å². The highest BCUT2D eigenvalue weighted by molar-refractivity contribution is 5.89. The Labute approximate surface area is 145 Å². The quantitative estimate of drug-likeness (QED) is 0.870.